The molecule has 2 heterocycles. The number of aromatic nitrogens is 2. The Morgan fingerprint density at radius 1 is 1.21 bits per heavy atom. The van der Waals surface area contributed by atoms with Gasteiger partial charge >= 0.3 is 5.69 Å². The van der Waals surface area contributed by atoms with Gasteiger partial charge in [0.25, 0.3) is 5.56 Å². The summed E-state index contributed by atoms with van der Waals surface area (Å²) in [5, 5.41) is 10.0. The van der Waals surface area contributed by atoms with Gasteiger partial charge in [-0.25, -0.2) is 4.79 Å². The monoisotopic (exact) mass is 336 g/mol. The molecule has 132 valence electrons. The summed E-state index contributed by atoms with van der Waals surface area (Å²) in [7, 11) is 1.40. The van der Waals surface area contributed by atoms with Crippen molar-refractivity contribution in [1.82, 2.24) is 18.9 Å². The molecule has 2 atom stereocenters. The fourth-order valence-electron chi connectivity index (χ4n) is 3.63. The number of hydrogen-bond donors (Lipinski definition) is 1. The van der Waals surface area contributed by atoms with E-state index < -0.39 is 5.69 Å². The van der Waals surface area contributed by atoms with Crippen molar-refractivity contribution in [3.05, 3.63) is 33.1 Å². The van der Waals surface area contributed by atoms with Crippen LogP contribution < -0.4 is 11.2 Å². The molecular formula is C16H24N4O4. The zero-order chi connectivity index (χ0) is 17.3. The smallest absolute Gasteiger partial charge is 0.331 e. The van der Waals surface area contributed by atoms with Crippen LogP contribution in [0.25, 0.3) is 0 Å². The lowest BCUT2D eigenvalue weighted by atomic mass is 10.1. The number of carbonyl (C=O) groups is 1. The van der Waals surface area contributed by atoms with Gasteiger partial charge in [0, 0.05) is 51.5 Å². The summed E-state index contributed by atoms with van der Waals surface area (Å²) in [4.78, 5) is 39.8. The van der Waals surface area contributed by atoms with Crippen LogP contribution in [0.15, 0.2) is 21.9 Å². The molecule has 1 amide bonds. The van der Waals surface area contributed by atoms with Crippen molar-refractivity contribution in [1.29, 1.82) is 0 Å². The van der Waals surface area contributed by atoms with Gasteiger partial charge in [0.05, 0.1) is 6.10 Å². The quantitative estimate of drug-likeness (QED) is 0.734. The van der Waals surface area contributed by atoms with E-state index in [-0.39, 0.29) is 30.2 Å². The maximum atomic E-state index is 12.4. The first-order chi connectivity index (χ1) is 11.5. The predicted octanol–water partition coefficient (Wildman–Crippen LogP) is -1.40. The van der Waals surface area contributed by atoms with Gasteiger partial charge in [0.15, 0.2) is 0 Å². The molecule has 1 saturated heterocycles. The number of hydrogen-bond acceptors (Lipinski definition) is 5. The molecule has 1 aromatic heterocycles. The highest BCUT2D eigenvalue weighted by Gasteiger charge is 2.33. The summed E-state index contributed by atoms with van der Waals surface area (Å²) in [6.07, 6.45) is 4.05. The summed E-state index contributed by atoms with van der Waals surface area (Å²) in [5.74, 6) is -0.123. The molecular weight excluding hydrogens is 312 g/mol. The zero-order valence-corrected chi connectivity index (χ0v) is 13.9. The van der Waals surface area contributed by atoms with Crippen LogP contribution in [0.2, 0.25) is 0 Å². The Balaban J connectivity index is 1.59. The fraction of sp³-hybridized carbons (Fsp3) is 0.688. The van der Waals surface area contributed by atoms with Crippen molar-refractivity contribution in [2.45, 2.75) is 38.0 Å². The summed E-state index contributed by atoms with van der Waals surface area (Å²) < 4.78 is 2.25. The number of nitrogens with zero attached hydrogens (tertiary/aromatic N) is 4. The van der Waals surface area contributed by atoms with Crippen molar-refractivity contribution >= 4 is 5.91 Å². The number of amides is 1. The molecule has 1 saturated carbocycles. The van der Waals surface area contributed by atoms with Gasteiger partial charge in [-0.05, 0) is 19.3 Å². The zero-order valence-electron chi connectivity index (χ0n) is 13.9. The molecule has 0 bridgehead atoms. The van der Waals surface area contributed by atoms with Crippen molar-refractivity contribution in [3.8, 4) is 0 Å². The standard InChI is InChI=1S/C16H24N4O4/c1-17-14(22)5-6-20(16(17)24)11-15(23)19-9-7-18(8-10-19)12-3-2-4-13(12)21/h5-6,12-13,21H,2-4,7-11H2,1H3/t12-,13-/m1/s1. The average molecular weight is 336 g/mol. The first kappa shape index (κ1) is 16.9. The summed E-state index contributed by atoms with van der Waals surface area (Å²) in [5.41, 5.74) is -0.865. The van der Waals surface area contributed by atoms with Crippen LogP contribution in [0.4, 0.5) is 0 Å². The van der Waals surface area contributed by atoms with Crippen LogP contribution in [0, 0.1) is 0 Å². The molecule has 3 rings (SSSR count). The van der Waals surface area contributed by atoms with E-state index in [1.807, 2.05) is 0 Å². The Kier molecular flexibility index (Phi) is 4.86. The third-order valence-electron chi connectivity index (χ3n) is 5.15. The Morgan fingerprint density at radius 3 is 2.54 bits per heavy atom. The van der Waals surface area contributed by atoms with Gasteiger partial charge < -0.3 is 10.0 Å². The SMILES string of the molecule is Cn1c(=O)ccn(CC(=O)N2CCN([C@@H]3CCC[C@H]3O)CC2)c1=O. The number of aliphatic hydroxyl groups excluding tert-OH is 1. The van der Waals surface area contributed by atoms with Crippen molar-refractivity contribution < 1.29 is 9.90 Å². The second-order valence-electron chi connectivity index (χ2n) is 6.61. The molecule has 1 aromatic rings. The van der Waals surface area contributed by atoms with Gasteiger partial charge in [-0.15, -0.1) is 0 Å². The normalized spacial score (nSPS) is 25.2. The van der Waals surface area contributed by atoms with Gasteiger partial charge in [-0.3, -0.25) is 23.6 Å². The van der Waals surface area contributed by atoms with Gasteiger partial charge in [-0.1, -0.05) is 0 Å². The molecule has 1 aliphatic carbocycles. The van der Waals surface area contributed by atoms with Crippen LogP contribution >= 0.6 is 0 Å². The Morgan fingerprint density at radius 2 is 1.92 bits per heavy atom. The maximum absolute atomic E-state index is 12.4. The van der Waals surface area contributed by atoms with Crippen LogP contribution in [0.5, 0.6) is 0 Å². The molecule has 0 spiro atoms. The number of piperazine rings is 1. The topological polar surface area (TPSA) is 87.8 Å². The lowest BCUT2D eigenvalue weighted by Crippen LogP contribution is -2.54. The number of rotatable bonds is 3. The highest BCUT2D eigenvalue weighted by Crippen LogP contribution is 2.25. The lowest BCUT2D eigenvalue weighted by Gasteiger charge is -2.39. The highest BCUT2D eigenvalue weighted by molar-refractivity contribution is 5.76. The number of carbonyl (C=O) groups excluding carboxylic acids is 1. The average Bonchev–Trinajstić information content (AvgIpc) is 3.01. The van der Waals surface area contributed by atoms with Crippen LogP contribution in [-0.4, -0.2) is 68.3 Å². The van der Waals surface area contributed by atoms with E-state index in [0.29, 0.717) is 13.1 Å². The van der Waals surface area contributed by atoms with E-state index in [0.717, 1.165) is 36.9 Å². The fourth-order valence-corrected chi connectivity index (χ4v) is 3.63. The highest BCUT2D eigenvalue weighted by atomic mass is 16.3. The van der Waals surface area contributed by atoms with E-state index in [4.69, 9.17) is 0 Å². The van der Waals surface area contributed by atoms with E-state index in [1.165, 1.54) is 23.9 Å². The Hall–Kier alpha value is -1.93. The first-order valence-electron chi connectivity index (χ1n) is 8.44. The second-order valence-corrected chi connectivity index (χ2v) is 6.61. The van der Waals surface area contributed by atoms with E-state index in [2.05, 4.69) is 4.90 Å². The molecule has 0 radical (unpaired) electrons. The van der Waals surface area contributed by atoms with Gasteiger partial charge in [0.2, 0.25) is 5.91 Å². The lowest BCUT2D eigenvalue weighted by molar-refractivity contribution is -0.134. The Labute approximate surface area is 139 Å². The molecule has 2 aliphatic rings. The maximum Gasteiger partial charge on any atom is 0.331 e. The minimum atomic E-state index is -0.483. The van der Waals surface area contributed by atoms with Gasteiger partial charge in [0.1, 0.15) is 6.54 Å². The summed E-state index contributed by atoms with van der Waals surface area (Å²) in [6.45, 7) is 2.63. The van der Waals surface area contributed by atoms with Crippen LogP contribution in [0.3, 0.4) is 0 Å². The van der Waals surface area contributed by atoms with Crippen molar-refractivity contribution in [2.24, 2.45) is 7.05 Å². The summed E-state index contributed by atoms with van der Waals surface area (Å²) in [6, 6.07) is 1.50. The van der Waals surface area contributed by atoms with Gasteiger partial charge in [-0.2, -0.15) is 0 Å². The largest absolute Gasteiger partial charge is 0.391 e. The number of aliphatic hydroxyl groups is 1. The third kappa shape index (κ3) is 3.29. The van der Waals surface area contributed by atoms with E-state index >= 15 is 0 Å². The molecule has 1 aliphatic heterocycles. The Bertz CT molecular complexity index is 718. The van der Waals surface area contributed by atoms with Crippen LogP contribution in [-0.2, 0) is 18.4 Å². The van der Waals surface area contributed by atoms with Crippen molar-refractivity contribution in [2.75, 3.05) is 26.2 Å². The van der Waals surface area contributed by atoms with E-state index in [9.17, 15) is 19.5 Å². The van der Waals surface area contributed by atoms with Crippen LogP contribution in [0.1, 0.15) is 19.3 Å². The predicted molar refractivity (Wildman–Crippen MR) is 87.7 cm³/mol. The summed E-state index contributed by atoms with van der Waals surface area (Å²) >= 11 is 0. The van der Waals surface area contributed by atoms with E-state index in [1.54, 1.807) is 4.90 Å². The molecule has 2 fully saturated rings. The molecule has 0 aromatic carbocycles. The molecule has 24 heavy (non-hydrogen) atoms. The third-order valence-corrected chi connectivity index (χ3v) is 5.15. The minimum Gasteiger partial charge on any atom is -0.391 e. The molecule has 0 unspecified atom stereocenters. The second kappa shape index (κ2) is 6.90. The molecule has 8 nitrogen and oxygen atoms in total. The minimum absolute atomic E-state index is 0.0565. The molecule has 1 N–H and O–H groups in total. The van der Waals surface area contributed by atoms with Crippen molar-refractivity contribution in [3.63, 3.8) is 0 Å². The first-order valence-corrected chi connectivity index (χ1v) is 8.44. The molecule has 8 heteroatoms.